The Labute approximate surface area is 181 Å². The van der Waals surface area contributed by atoms with Gasteiger partial charge in [-0.05, 0) is 36.5 Å². The third kappa shape index (κ3) is 3.43. The highest BCUT2D eigenvalue weighted by Crippen LogP contribution is 2.32. The Bertz CT molecular complexity index is 1260. The first kappa shape index (κ1) is 19.6. The van der Waals surface area contributed by atoms with E-state index in [1.807, 2.05) is 54.9 Å². The molecule has 156 valence electrons. The molecule has 3 heterocycles. The summed E-state index contributed by atoms with van der Waals surface area (Å²) in [5, 5.41) is 23.8. The lowest BCUT2D eigenvalue weighted by molar-refractivity contribution is 0.426. The second-order valence-electron chi connectivity index (χ2n) is 7.96. The molecule has 0 bridgehead atoms. The Hall–Kier alpha value is -3.36. The Kier molecular flexibility index (Phi) is 4.88. The molecule has 0 aliphatic carbocycles. The van der Waals surface area contributed by atoms with Gasteiger partial charge in [-0.3, -0.25) is 4.57 Å². The normalized spacial score (nSPS) is 13.0. The topological polar surface area (TPSA) is 86.4 Å². The largest absolute Gasteiger partial charge is 0.489 e. The van der Waals surface area contributed by atoms with E-state index in [0.717, 1.165) is 46.8 Å². The Morgan fingerprint density at radius 1 is 1.06 bits per heavy atom. The standard InChI is InChI=1S/C23H24BN5O2/c1-15-13-18-19(24(30)31)9-6-10-20(18)29(15)23-26-21(17-11-12-28(2)22(17)27-23)25-14-16-7-4-3-5-8-16/h3-10,13,30-31H,11-12,14H2,1-2H3,(H,25,26,27). The molecule has 4 aromatic rings. The predicted octanol–water partition coefficient (Wildman–Crippen LogP) is 2.01. The van der Waals surface area contributed by atoms with Crippen LogP contribution in [0.1, 0.15) is 16.8 Å². The fourth-order valence-corrected chi connectivity index (χ4v) is 4.30. The minimum atomic E-state index is -1.53. The van der Waals surface area contributed by atoms with Crippen LogP contribution in [0.5, 0.6) is 0 Å². The summed E-state index contributed by atoms with van der Waals surface area (Å²) in [6, 6.07) is 17.7. The van der Waals surface area contributed by atoms with E-state index in [4.69, 9.17) is 9.97 Å². The molecule has 0 atom stereocenters. The summed E-state index contributed by atoms with van der Waals surface area (Å²) >= 11 is 0. The number of nitrogens with zero attached hydrogens (tertiary/aromatic N) is 4. The van der Waals surface area contributed by atoms with Crippen molar-refractivity contribution in [2.24, 2.45) is 0 Å². The van der Waals surface area contributed by atoms with Gasteiger partial charge in [0.1, 0.15) is 11.6 Å². The molecule has 3 N–H and O–H groups in total. The van der Waals surface area contributed by atoms with Gasteiger partial charge in [-0.15, -0.1) is 0 Å². The average Bonchev–Trinajstić information content (AvgIpc) is 3.31. The zero-order chi connectivity index (χ0) is 21.5. The highest BCUT2D eigenvalue weighted by Gasteiger charge is 2.25. The molecular weight excluding hydrogens is 389 g/mol. The molecule has 0 fully saturated rings. The van der Waals surface area contributed by atoms with E-state index in [1.54, 1.807) is 6.07 Å². The lowest BCUT2D eigenvalue weighted by Crippen LogP contribution is -2.30. The SMILES string of the molecule is Cc1cc2c(B(O)O)cccc2n1-c1nc(NCc2ccccc2)c2c(n1)N(C)CC2. The van der Waals surface area contributed by atoms with Gasteiger partial charge in [0.2, 0.25) is 5.95 Å². The van der Waals surface area contributed by atoms with Gasteiger partial charge < -0.3 is 20.3 Å². The first-order valence-corrected chi connectivity index (χ1v) is 10.4. The van der Waals surface area contributed by atoms with Crippen LogP contribution in [0.2, 0.25) is 0 Å². The number of benzene rings is 2. The van der Waals surface area contributed by atoms with Gasteiger partial charge in [-0.25, -0.2) is 0 Å². The lowest BCUT2D eigenvalue weighted by Gasteiger charge is -2.16. The molecule has 0 saturated heterocycles. The number of aromatic nitrogens is 3. The van der Waals surface area contributed by atoms with E-state index in [1.165, 1.54) is 5.56 Å². The minimum absolute atomic E-state index is 0.472. The van der Waals surface area contributed by atoms with Crippen molar-refractivity contribution in [3.63, 3.8) is 0 Å². The summed E-state index contributed by atoms with van der Waals surface area (Å²) in [6.07, 6.45) is 0.898. The maximum atomic E-state index is 9.77. The van der Waals surface area contributed by atoms with Crippen molar-refractivity contribution in [3.8, 4) is 5.95 Å². The van der Waals surface area contributed by atoms with Crippen LogP contribution in [0, 0.1) is 6.92 Å². The first-order valence-electron chi connectivity index (χ1n) is 10.4. The van der Waals surface area contributed by atoms with Gasteiger partial charge in [0, 0.05) is 36.8 Å². The quantitative estimate of drug-likeness (QED) is 0.434. The number of hydrogen-bond acceptors (Lipinski definition) is 6. The second kappa shape index (κ2) is 7.72. The monoisotopic (exact) mass is 413 g/mol. The molecule has 0 saturated carbocycles. The number of aryl methyl sites for hydroxylation is 1. The van der Waals surface area contributed by atoms with Crippen LogP contribution in [-0.4, -0.2) is 45.3 Å². The van der Waals surface area contributed by atoms with E-state index >= 15 is 0 Å². The maximum Gasteiger partial charge on any atom is 0.489 e. The maximum absolute atomic E-state index is 9.77. The molecule has 0 unspecified atom stereocenters. The number of anilines is 2. The number of likely N-dealkylation sites (N-methyl/N-ethyl adjacent to an activating group) is 1. The predicted molar refractivity (Wildman–Crippen MR) is 124 cm³/mol. The molecule has 2 aromatic heterocycles. The van der Waals surface area contributed by atoms with Crippen molar-refractivity contribution in [3.05, 3.63) is 71.4 Å². The van der Waals surface area contributed by atoms with Crippen molar-refractivity contribution in [1.82, 2.24) is 14.5 Å². The highest BCUT2D eigenvalue weighted by molar-refractivity contribution is 6.61. The zero-order valence-corrected chi connectivity index (χ0v) is 17.6. The minimum Gasteiger partial charge on any atom is -0.423 e. The van der Waals surface area contributed by atoms with Gasteiger partial charge in [0.15, 0.2) is 0 Å². The molecule has 0 amide bonds. The summed E-state index contributed by atoms with van der Waals surface area (Å²) < 4.78 is 1.97. The van der Waals surface area contributed by atoms with E-state index in [2.05, 4.69) is 22.3 Å². The molecule has 1 aliphatic heterocycles. The van der Waals surface area contributed by atoms with Gasteiger partial charge in [-0.2, -0.15) is 9.97 Å². The number of nitrogens with one attached hydrogen (secondary N) is 1. The van der Waals surface area contributed by atoms with Crippen molar-refractivity contribution in [2.75, 3.05) is 23.8 Å². The molecule has 1 aliphatic rings. The fraction of sp³-hybridized carbons (Fsp3) is 0.217. The molecule has 31 heavy (non-hydrogen) atoms. The Balaban J connectivity index is 1.63. The number of rotatable bonds is 5. The van der Waals surface area contributed by atoms with Crippen molar-refractivity contribution in [1.29, 1.82) is 0 Å². The number of fused-ring (bicyclic) bond motifs is 2. The third-order valence-electron chi connectivity index (χ3n) is 5.88. The van der Waals surface area contributed by atoms with Gasteiger partial charge >= 0.3 is 7.12 Å². The summed E-state index contributed by atoms with van der Waals surface area (Å²) in [5.74, 6) is 2.34. The summed E-state index contributed by atoms with van der Waals surface area (Å²) in [4.78, 5) is 12.0. The van der Waals surface area contributed by atoms with E-state index in [-0.39, 0.29) is 0 Å². The van der Waals surface area contributed by atoms with Crippen LogP contribution in [0.15, 0.2) is 54.6 Å². The average molecular weight is 413 g/mol. The summed E-state index contributed by atoms with van der Waals surface area (Å²) in [7, 11) is 0.513. The van der Waals surface area contributed by atoms with Crippen LogP contribution in [-0.2, 0) is 13.0 Å². The van der Waals surface area contributed by atoms with Gasteiger partial charge in [0.05, 0.1) is 5.52 Å². The van der Waals surface area contributed by atoms with E-state index < -0.39 is 7.12 Å². The molecule has 5 rings (SSSR count). The zero-order valence-electron chi connectivity index (χ0n) is 17.6. The van der Waals surface area contributed by atoms with Crippen LogP contribution >= 0.6 is 0 Å². The molecule has 0 spiro atoms. The van der Waals surface area contributed by atoms with Crippen LogP contribution in [0.4, 0.5) is 11.6 Å². The number of hydrogen-bond donors (Lipinski definition) is 3. The highest BCUT2D eigenvalue weighted by atomic mass is 16.4. The molecule has 0 radical (unpaired) electrons. The fourth-order valence-electron chi connectivity index (χ4n) is 4.30. The van der Waals surface area contributed by atoms with E-state index in [9.17, 15) is 10.0 Å². The van der Waals surface area contributed by atoms with Crippen LogP contribution in [0.25, 0.3) is 16.9 Å². The van der Waals surface area contributed by atoms with Crippen molar-refractivity contribution >= 4 is 35.1 Å². The first-order chi connectivity index (χ1) is 15.0. The Morgan fingerprint density at radius 3 is 2.65 bits per heavy atom. The van der Waals surface area contributed by atoms with Crippen LogP contribution in [0.3, 0.4) is 0 Å². The lowest BCUT2D eigenvalue weighted by atomic mass is 9.78. The van der Waals surface area contributed by atoms with Gasteiger partial charge in [-0.1, -0.05) is 42.5 Å². The Morgan fingerprint density at radius 2 is 1.87 bits per heavy atom. The third-order valence-corrected chi connectivity index (χ3v) is 5.88. The summed E-state index contributed by atoms with van der Waals surface area (Å²) in [5.41, 5.74) is 4.56. The summed E-state index contributed by atoms with van der Waals surface area (Å²) in [6.45, 7) is 3.56. The van der Waals surface area contributed by atoms with Crippen LogP contribution < -0.4 is 15.7 Å². The van der Waals surface area contributed by atoms with Crippen molar-refractivity contribution in [2.45, 2.75) is 19.9 Å². The van der Waals surface area contributed by atoms with Gasteiger partial charge in [0.25, 0.3) is 0 Å². The smallest absolute Gasteiger partial charge is 0.423 e. The molecule has 7 nitrogen and oxygen atoms in total. The molecular formula is C23H24BN5O2. The molecule has 2 aromatic carbocycles. The van der Waals surface area contributed by atoms with Crippen molar-refractivity contribution < 1.29 is 10.0 Å². The second-order valence-corrected chi connectivity index (χ2v) is 7.96. The van der Waals surface area contributed by atoms with E-state index in [0.29, 0.717) is 18.0 Å². The molecule has 8 heteroatoms.